The van der Waals surface area contributed by atoms with Crippen LogP contribution in [0.4, 0.5) is 11.6 Å². The van der Waals surface area contributed by atoms with Crippen molar-refractivity contribution in [3.8, 4) is 11.4 Å². The fourth-order valence-electron chi connectivity index (χ4n) is 3.83. The average Bonchev–Trinajstić information content (AvgIpc) is 3.33. The number of para-hydroxylation sites is 1. The highest BCUT2D eigenvalue weighted by atomic mass is 35.5. The Hall–Kier alpha value is -4.37. The first-order chi connectivity index (χ1) is 18.4. The van der Waals surface area contributed by atoms with E-state index in [1.54, 1.807) is 18.2 Å². The Bertz CT molecular complexity index is 1450. The fraction of sp³-hybridized carbons (Fsp3) is 0.214. The second kappa shape index (κ2) is 12.7. The predicted octanol–water partition coefficient (Wildman–Crippen LogP) is 4.38. The van der Waals surface area contributed by atoms with Gasteiger partial charge in [0.05, 0.1) is 0 Å². The van der Waals surface area contributed by atoms with Gasteiger partial charge in [0.1, 0.15) is 11.6 Å². The Morgan fingerprint density at radius 3 is 2.26 bits per heavy atom. The normalized spacial score (nSPS) is 11.0. The zero-order valence-corrected chi connectivity index (χ0v) is 22.0. The minimum absolute atomic E-state index is 0.0891. The van der Waals surface area contributed by atoms with E-state index in [4.69, 9.17) is 16.6 Å². The number of H-pyrrole nitrogens is 1. The molecule has 0 aliphatic carbocycles. The first-order valence-electron chi connectivity index (χ1n) is 12.3. The number of fused-ring (bicyclic) bond motifs is 1. The summed E-state index contributed by atoms with van der Waals surface area (Å²) in [5.41, 5.74) is 3.63. The van der Waals surface area contributed by atoms with Crippen LogP contribution < -0.4 is 21.3 Å². The van der Waals surface area contributed by atoms with Gasteiger partial charge in [0.2, 0.25) is 11.8 Å². The van der Waals surface area contributed by atoms with Gasteiger partial charge >= 0.3 is 0 Å². The standard InChI is InChI=1S/C28H30ClN7O2/c1-18-26(32-15-13-30-19(2)37)35-28(20-7-10-22(29)11-8-20)36-27(18)33-16-14-31-25(38)12-9-21-17-34-24-6-4-3-5-23(21)24/h3-12,17,34H,13-16H2,1-2H3,(H,30,37)(H,31,38)(H2,32,33,35,36). The Morgan fingerprint density at radius 1 is 0.921 bits per heavy atom. The van der Waals surface area contributed by atoms with E-state index in [0.29, 0.717) is 48.7 Å². The molecule has 0 spiro atoms. The van der Waals surface area contributed by atoms with E-state index >= 15 is 0 Å². The molecule has 0 radical (unpaired) electrons. The molecule has 2 amide bonds. The quantitative estimate of drug-likeness (QED) is 0.144. The summed E-state index contributed by atoms with van der Waals surface area (Å²) in [6.45, 7) is 5.24. The summed E-state index contributed by atoms with van der Waals surface area (Å²) < 4.78 is 0. The number of anilines is 2. The van der Waals surface area contributed by atoms with E-state index in [-0.39, 0.29) is 11.8 Å². The second-order valence-electron chi connectivity index (χ2n) is 8.63. The van der Waals surface area contributed by atoms with Gasteiger partial charge in [0.25, 0.3) is 0 Å². The molecule has 0 atom stereocenters. The molecule has 4 aromatic rings. The third-order valence-corrected chi connectivity index (χ3v) is 6.04. The molecular formula is C28H30ClN7O2. The summed E-state index contributed by atoms with van der Waals surface area (Å²) in [5, 5.41) is 13.9. The van der Waals surface area contributed by atoms with Crippen molar-refractivity contribution >= 4 is 52.0 Å². The number of hydrogen-bond donors (Lipinski definition) is 5. The van der Waals surface area contributed by atoms with Gasteiger partial charge < -0.3 is 26.3 Å². The molecule has 0 aliphatic rings. The van der Waals surface area contributed by atoms with Crippen LogP contribution in [-0.4, -0.2) is 52.9 Å². The van der Waals surface area contributed by atoms with E-state index in [1.807, 2.05) is 49.5 Å². The number of aromatic amines is 1. The molecule has 0 bridgehead atoms. The number of hydrogen-bond acceptors (Lipinski definition) is 6. The van der Waals surface area contributed by atoms with Crippen molar-refractivity contribution in [3.05, 3.63) is 77.0 Å². The number of carbonyl (C=O) groups is 2. The van der Waals surface area contributed by atoms with Crippen molar-refractivity contribution in [2.45, 2.75) is 13.8 Å². The van der Waals surface area contributed by atoms with Crippen LogP contribution >= 0.6 is 11.6 Å². The fourth-order valence-corrected chi connectivity index (χ4v) is 3.96. The van der Waals surface area contributed by atoms with Crippen molar-refractivity contribution in [3.63, 3.8) is 0 Å². The maximum absolute atomic E-state index is 12.4. The maximum atomic E-state index is 12.4. The Balaban J connectivity index is 1.38. The number of nitrogens with one attached hydrogen (secondary N) is 5. The van der Waals surface area contributed by atoms with Crippen molar-refractivity contribution in [1.82, 2.24) is 25.6 Å². The maximum Gasteiger partial charge on any atom is 0.244 e. The summed E-state index contributed by atoms with van der Waals surface area (Å²) in [7, 11) is 0. The molecule has 10 heteroatoms. The van der Waals surface area contributed by atoms with E-state index in [2.05, 4.69) is 31.2 Å². The highest BCUT2D eigenvalue weighted by Gasteiger charge is 2.12. The molecule has 5 N–H and O–H groups in total. The number of rotatable bonds is 11. The lowest BCUT2D eigenvalue weighted by molar-refractivity contribution is -0.119. The smallest absolute Gasteiger partial charge is 0.244 e. The molecule has 2 heterocycles. The topological polar surface area (TPSA) is 124 Å². The third-order valence-electron chi connectivity index (χ3n) is 5.79. The van der Waals surface area contributed by atoms with Crippen molar-refractivity contribution in [1.29, 1.82) is 0 Å². The lowest BCUT2D eigenvalue weighted by Crippen LogP contribution is -2.28. The molecule has 0 saturated carbocycles. The molecule has 196 valence electrons. The van der Waals surface area contributed by atoms with E-state index in [0.717, 1.165) is 27.6 Å². The SMILES string of the molecule is CC(=O)NCCNc1nc(-c2ccc(Cl)cc2)nc(NCCNC(=O)C=Cc2c[nH]c3ccccc23)c1C. The molecule has 4 rings (SSSR count). The first kappa shape index (κ1) is 26.7. The van der Waals surface area contributed by atoms with Crippen molar-refractivity contribution in [2.75, 3.05) is 36.8 Å². The van der Waals surface area contributed by atoms with Crippen LogP contribution in [0.1, 0.15) is 18.1 Å². The summed E-state index contributed by atoms with van der Waals surface area (Å²) in [6, 6.07) is 15.2. The van der Waals surface area contributed by atoms with Crippen LogP contribution in [0.3, 0.4) is 0 Å². The Morgan fingerprint density at radius 2 is 1.58 bits per heavy atom. The molecule has 0 saturated heterocycles. The lowest BCUT2D eigenvalue weighted by Gasteiger charge is -2.16. The number of nitrogens with zero attached hydrogens (tertiary/aromatic N) is 2. The largest absolute Gasteiger partial charge is 0.368 e. The second-order valence-corrected chi connectivity index (χ2v) is 9.06. The number of carbonyl (C=O) groups excluding carboxylic acids is 2. The van der Waals surface area contributed by atoms with Crippen LogP contribution in [0, 0.1) is 6.92 Å². The Kier molecular flexibility index (Phi) is 8.94. The van der Waals surface area contributed by atoms with Gasteiger partial charge in [-0.05, 0) is 48.9 Å². The summed E-state index contributed by atoms with van der Waals surface area (Å²) in [5.74, 6) is 1.56. The highest BCUT2D eigenvalue weighted by molar-refractivity contribution is 6.30. The monoisotopic (exact) mass is 531 g/mol. The van der Waals surface area contributed by atoms with Gasteiger partial charge in [0, 0.05) is 72.4 Å². The summed E-state index contributed by atoms with van der Waals surface area (Å²) >= 11 is 6.04. The predicted molar refractivity (Wildman–Crippen MR) is 153 cm³/mol. The van der Waals surface area contributed by atoms with Crippen molar-refractivity contribution < 1.29 is 9.59 Å². The zero-order valence-electron chi connectivity index (χ0n) is 21.3. The van der Waals surface area contributed by atoms with Gasteiger partial charge in [-0.1, -0.05) is 29.8 Å². The lowest BCUT2D eigenvalue weighted by atomic mass is 10.1. The van der Waals surface area contributed by atoms with E-state index in [9.17, 15) is 9.59 Å². The molecule has 2 aromatic heterocycles. The van der Waals surface area contributed by atoms with Gasteiger partial charge in [-0.3, -0.25) is 9.59 Å². The Labute approximate surface area is 226 Å². The van der Waals surface area contributed by atoms with Gasteiger partial charge in [-0.2, -0.15) is 0 Å². The highest BCUT2D eigenvalue weighted by Crippen LogP contribution is 2.26. The van der Waals surface area contributed by atoms with Gasteiger partial charge in [-0.15, -0.1) is 0 Å². The minimum Gasteiger partial charge on any atom is -0.368 e. The number of amides is 2. The summed E-state index contributed by atoms with van der Waals surface area (Å²) in [6.07, 6.45) is 5.21. The van der Waals surface area contributed by atoms with Gasteiger partial charge in [0.15, 0.2) is 5.82 Å². The molecule has 0 fully saturated rings. The molecule has 38 heavy (non-hydrogen) atoms. The molecule has 9 nitrogen and oxygen atoms in total. The number of benzene rings is 2. The van der Waals surface area contributed by atoms with Crippen LogP contribution in [-0.2, 0) is 9.59 Å². The number of halogens is 1. The average molecular weight is 532 g/mol. The number of aromatic nitrogens is 3. The zero-order chi connectivity index (χ0) is 26.9. The third kappa shape index (κ3) is 7.10. The van der Waals surface area contributed by atoms with Crippen LogP contribution in [0.25, 0.3) is 28.4 Å². The van der Waals surface area contributed by atoms with Crippen LogP contribution in [0.15, 0.2) is 60.8 Å². The van der Waals surface area contributed by atoms with E-state index in [1.165, 1.54) is 13.0 Å². The molecule has 2 aromatic carbocycles. The molecular weight excluding hydrogens is 502 g/mol. The molecule has 0 aliphatic heterocycles. The minimum atomic E-state index is -0.182. The van der Waals surface area contributed by atoms with Crippen molar-refractivity contribution in [2.24, 2.45) is 0 Å². The summed E-state index contributed by atoms with van der Waals surface area (Å²) in [4.78, 5) is 36.1. The van der Waals surface area contributed by atoms with Crippen LogP contribution in [0.2, 0.25) is 5.02 Å². The van der Waals surface area contributed by atoms with Gasteiger partial charge in [-0.25, -0.2) is 9.97 Å². The molecule has 0 unspecified atom stereocenters. The first-order valence-corrected chi connectivity index (χ1v) is 12.7. The van der Waals surface area contributed by atoms with Crippen LogP contribution in [0.5, 0.6) is 0 Å². The van der Waals surface area contributed by atoms with E-state index < -0.39 is 0 Å².